The second kappa shape index (κ2) is 3.72. The van der Waals surface area contributed by atoms with Crippen LogP contribution >= 0.6 is 0 Å². The van der Waals surface area contributed by atoms with Crippen molar-refractivity contribution >= 4 is 5.91 Å². The Morgan fingerprint density at radius 3 is 1.82 bits per heavy atom. The van der Waals surface area contributed by atoms with E-state index in [0.29, 0.717) is 0 Å². The molecular weight excluding hydrogens is 140 g/mol. The molecule has 2 aliphatic rings. The Bertz CT molecular complexity index is 139. The highest BCUT2D eigenvalue weighted by Gasteiger charge is 2.26. The number of rotatable bonds is 2. The molecule has 0 radical (unpaired) electrons. The molecule has 3 heteroatoms. The van der Waals surface area contributed by atoms with Crippen LogP contribution in [0.25, 0.3) is 0 Å². The van der Waals surface area contributed by atoms with Crippen LogP contribution in [-0.4, -0.2) is 12.5 Å². The first kappa shape index (κ1) is 8.53. The molecule has 0 aromatic carbocycles. The molecule has 0 aliphatic heterocycles. The van der Waals surface area contributed by atoms with Crippen molar-refractivity contribution in [2.75, 3.05) is 6.54 Å². The summed E-state index contributed by atoms with van der Waals surface area (Å²) in [5.41, 5.74) is 10.1. The van der Waals surface area contributed by atoms with Crippen molar-refractivity contribution in [2.45, 2.75) is 25.7 Å². The molecule has 2 saturated carbocycles. The molecule has 0 atom stereocenters. The summed E-state index contributed by atoms with van der Waals surface area (Å²) in [6, 6.07) is 0. The highest BCUT2D eigenvalue weighted by Crippen LogP contribution is 2.27. The third-order valence-corrected chi connectivity index (χ3v) is 2.01. The van der Waals surface area contributed by atoms with Crippen molar-refractivity contribution in [3.05, 3.63) is 0 Å². The van der Waals surface area contributed by atoms with Crippen molar-refractivity contribution in [2.24, 2.45) is 23.3 Å². The number of carbonyl (C=O) groups is 1. The van der Waals surface area contributed by atoms with Crippen LogP contribution in [0.2, 0.25) is 0 Å². The molecule has 0 unspecified atom stereocenters. The minimum Gasteiger partial charge on any atom is -0.369 e. The Labute approximate surface area is 67.1 Å². The fourth-order valence-electron chi connectivity index (χ4n) is 0.721. The van der Waals surface area contributed by atoms with Gasteiger partial charge in [-0.15, -0.1) is 0 Å². The number of amides is 1. The van der Waals surface area contributed by atoms with Gasteiger partial charge in [-0.2, -0.15) is 0 Å². The van der Waals surface area contributed by atoms with Gasteiger partial charge in [-0.05, 0) is 38.1 Å². The van der Waals surface area contributed by atoms with Gasteiger partial charge >= 0.3 is 0 Å². The first-order valence-corrected chi connectivity index (χ1v) is 4.23. The van der Waals surface area contributed by atoms with E-state index < -0.39 is 0 Å². The highest BCUT2D eigenvalue weighted by molar-refractivity contribution is 5.78. The van der Waals surface area contributed by atoms with Gasteiger partial charge in [-0.3, -0.25) is 4.79 Å². The lowest BCUT2D eigenvalue weighted by molar-refractivity contribution is -0.119. The summed E-state index contributed by atoms with van der Waals surface area (Å²) in [5.74, 6) is 1.02. The normalized spacial score (nSPS) is 21.9. The molecule has 4 N–H and O–H groups in total. The van der Waals surface area contributed by atoms with Gasteiger partial charge in [0.15, 0.2) is 0 Å². The quantitative estimate of drug-likeness (QED) is 0.601. The number of hydrogen-bond donors (Lipinski definition) is 2. The summed E-state index contributed by atoms with van der Waals surface area (Å²) in [4.78, 5) is 9.98. The molecule has 3 nitrogen and oxygen atoms in total. The molecule has 2 rings (SSSR count). The summed E-state index contributed by atoms with van der Waals surface area (Å²) < 4.78 is 0. The molecule has 0 saturated heterocycles. The number of carbonyl (C=O) groups excluding carboxylic acids is 1. The zero-order valence-corrected chi connectivity index (χ0v) is 6.75. The SMILES string of the molecule is NC(=O)C1CC1.NCC1CC1. The Kier molecular flexibility index (Phi) is 2.88. The maximum absolute atomic E-state index is 9.98. The number of nitrogens with two attached hydrogens (primary N) is 2. The van der Waals surface area contributed by atoms with Crippen molar-refractivity contribution in [1.29, 1.82) is 0 Å². The monoisotopic (exact) mass is 156 g/mol. The first-order valence-electron chi connectivity index (χ1n) is 4.23. The Morgan fingerprint density at radius 1 is 1.27 bits per heavy atom. The lowest BCUT2D eigenvalue weighted by Gasteiger charge is -1.77. The molecular formula is C8H16N2O. The Hall–Kier alpha value is -0.570. The van der Waals surface area contributed by atoms with Crippen LogP contribution in [0.5, 0.6) is 0 Å². The second-order valence-electron chi connectivity index (χ2n) is 3.36. The fourth-order valence-corrected chi connectivity index (χ4v) is 0.721. The molecule has 64 valence electrons. The largest absolute Gasteiger partial charge is 0.369 e. The highest BCUT2D eigenvalue weighted by atomic mass is 16.1. The molecule has 0 heterocycles. The van der Waals surface area contributed by atoms with Gasteiger partial charge in [0.1, 0.15) is 0 Å². The van der Waals surface area contributed by atoms with Gasteiger partial charge < -0.3 is 11.5 Å². The van der Waals surface area contributed by atoms with E-state index in [2.05, 4.69) is 0 Å². The van der Waals surface area contributed by atoms with Crippen LogP contribution in [0.4, 0.5) is 0 Å². The lowest BCUT2D eigenvalue weighted by atomic mass is 10.4. The van der Waals surface area contributed by atoms with Crippen LogP contribution < -0.4 is 11.5 Å². The lowest BCUT2D eigenvalue weighted by Crippen LogP contribution is -2.11. The fraction of sp³-hybridized carbons (Fsp3) is 0.875. The zero-order chi connectivity index (χ0) is 8.27. The average molecular weight is 156 g/mol. The van der Waals surface area contributed by atoms with Gasteiger partial charge in [-0.25, -0.2) is 0 Å². The van der Waals surface area contributed by atoms with E-state index in [-0.39, 0.29) is 11.8 Å². The standard InChI is InChI=1S/C4H7NO.C4H9N/c5-4(6)3-1-2-3;5-3-4-1-2-4/h3H,1-2H2,(H2,5,6);4H,1-3,5H2. The minimum absolute atomic E-state index is 0.130. The molecule has 0 spiro atoms. The smallest absolute Gasteiger partial charge is 0.220 e. The van der Waals surface area contributed by atoms with Crippen LogP contribution in [0.3, 0.4) is 0 Å². The molecule has 11 heavy (non-hydrogen) atoms. The average Bonchev–Trinajstić information content (AvgIpc) is 2.86. The van der Waals surface area contributed by atoms with E-state index in [4.69, 9.17) is 11.5 Å². The minimum atomic E-state index is -0.130. The van der Waals surface area contributed by atoms with Crippen LogP contribution in [0.1, 0.15) is 25.7 Å². The van der Waals surface area contributed by atoms with Crippen LogP contribution in [0, 0.1) is 11.8 Å². The van der Waals surface area contributed by atoms with Crippen LogP contribution in [0.15, 0.2) is 0 Å². The summed E-state index contributed by atoms with van der Waals surface area (Å²) in [7, 11) is 0. The summed E-state index contributed by atoms with van der Waals surface area (Å²) >= 11 is 0. The van der Waals surface area contributed by atoms with Gasteiger partial charge in [0.05, 0.1) is 0 Å². The Balaban J connectivity index is 0.000000112. The zero-order valence-electron chi connectivity index (χ0n) is 6.75. The molecule has 0 aromatic heterocycles. The van der Waals surface area contributed by atoms with Gasteiger partial charge in [0, 0.05) is 5.92 Å². The first-order chi connectivity index (χ1) is 5.24. The number of primary amides is 1. The van der Waals surface area contributed by atoms with Gasteiger partial charge in [0.25, 0.3) is 0 Å². The summed E-state index contributed by atoms with van der Waals surface area (Å²) in [6.45, 7) is 0.917. The second-order valence-corrected chi connectivity index (χ2v) is 3.36. The molecule has 1 amide bonds. The van der Waals surface area contributed by atoms with E-state index in [1.54, 1.807) is 0 Å². The van der Waals surface area contributed by atoms with Crippen molar-refractivity contribution < 1.29 is 4.79 Å². The maximum Gasteiger partial charge on any atom is 0.220 e. The third-order valence-electron chi connectivity index (χ3n) is 2.01. The molecule has 2 aliphatic carbocycles. The third kappa shape index (κ3) is 3.98. The molecule has 2 fully saturated rings. The summed E-state index contributed by atoms with van der Waals surface area (Å²) in [5, 5.41) is 0. The predicted molar refractivity (Wildman–Crippen MR) is 43.7 cm³/mol. The maximum atomic E-state index is 9.98. The molecule has 0 aromatic rings. The van der Waals surface area contributed by atoms with Crippen molar-refractivity contribution in [3.63, 3.8) is 0 Å². The number of hydrogen-bond acceptors (Lipinski definition) is 2. The van der Waals surface area contributed by atoms with E-state index in [9.17, 15) is 4.79 Å². The van der Waals surface area contributed by atoms with Gasteiger partial charge in [-0.1, -0.05) is 0 Å². The van der Waals surface area contributed by atoms with E-state index in [0.717, 1.165) is 25.3 Å². The van der Waals surface area contributed by atoms with Crippen molar-refractivity contribution in [1.82, 2.24) is 0 Å². The predicted octanol–water partition coefficient (Wildman–Crippen LogP) is 0.237. The summed E-state index contributed by atoms with van der Waals surface area (Å²) in [6.07, 6.45) is 4.82. The molecule has 0 bridgehead atoms. The van der Waals surface area contributed by atoms with E-state index in [1.165, 1.54) is 12.8 Å². The van der Waals surface area contributed by atoms with Crippen LogP contribution in [-0.2, 0) is 4.79 Å². The van der Waals surface area contributed by atoms with E-state index in [1.807, 2.05) is 0 Å². The van der Waals surface area contributed by atoms with E-state index >= 15 is 0 Å². The van der Waals surface area contributed by atoms with Crippen molar-refractivity contribution in [3.8, 4) is 0 Å². The topological polar surface area (TPSA) is 69.1 Å². The Morgan fingerprint density at radius 2 is 1.82 bits per heavy atom. The van der Waals surface area contributed by atoms with Gasteiger partial charge in [0.2, 0.25) is 5.91 Å².